The molecule has 0 atom stereocenters. The van der Waals surface area contributed by atoms with Crippen LogP contribution < -0.4 is 4.74 Å². The van der Waals surface area contributed by atoms with Crippen LogP contribution in [0.15, 0.2) is 29.2 Å². The summed E-state index contributed by atoms with van der Waals surface area (Å²) in [6.45, 7) is 2.03. The van der Waals surface area contributed by atoms with Crippen LogP contribution in [0.25, 0.3) is 6.08 Å². The van der Waals surface area contributed by atoms with E-state index in [0.29, 0.717) is 41.3 Å². The highest BCUT2D eigenvalue weighted by molar-refractivity contribution is 8.26. The predicted molar refractivity (Wildman–Crippen MR) is 97.0 cm³/mol. The lowest BCUT2D eigenvalue weighted by Crippen LogP contribution is -2.50. The minimum atomic E-state index is -1.03. The van der Waals surface area contributed by atoms with Gasteiger partial charge in [-0.15, -0.1) is 0 Å². The van der Waals surface area contributed by atoms with Gasteiger partial charge in [0.15, 0.2) is 10.9 Å². The molecule has 0 unspecified atom stereocenters. The van der Waals surface area contributed by atoms with E-state index >= 15 is 0 Å². The van der Waals surface area contributed by atoms with Crippen molar-refractivity contribution < 1.29 is 24.2 Å². The normalized spacial score (nSPS) is 20.3. The molecule has 1 aromatic rings. The third kappa shape index (κ3) is 4.37. The average molecular weight is 380 g/mol. The van der Waals surface area contributed by atoms with Crippen LogP contribution in [-0.4, -0.2) is 64.2 Å². The first-order valence-electron chi connectivity index (χ1n) is 7.60. The van der Waals surface area contributed by atoms with Crippen LogP contribution in [-0.2, 0) is 14.3 Å². The summed E-state index contributed by atoms with van der Waals surface area (Å²) in [5.74, 6) is -0.709. The maximum atomic E-state index is 12.6. The molecule has 2 heterocycles. The van der Waals surface area contributed by atoms with Crippen molar-refractivity contribution in [1.82, 2.24) is 10.0 Å². The zero-order valence-corrected chi connectivity index (χ0v) is 14.8. The standard InChI is InChI=1S/C16H16N2O5S2/c19-14(20)10-23-12-3-1-11(2-4-12)9-13-15(21)18(16(24)25-13)17-5-7-22-8-6-17/h1-4,9H,5-8,10H2,(H,19,20)/b13-9+. The number of thioether (sulfide) groups is 1. The number of nitrogens with zero attached hydrogens (tertiary/aromatic N) is 2. The van der Waals surface area contributed by atoms with Crippen LogP contribution in [0.1, 0.15) is 5.56 Å². The van der Waals surface area contributed by atoms with Gasteiger partial charge in [-0.05, 0) is 23.8 Å². The smallest absolute Gasteiger partial charge is 0.341 e. The van der Waals surface area contributed by atoms with Crippen molar-refractivity contribution in [1.29, 1.82) is 0 Å². The van der Waals surface area contributed by atoms with Crippen molar-refractivity contribution in [2.75, 3.05) is 32.9 Å². The summed E-state index contributed by atoms with van der Waals surface area (Å²) in [5, 5.41) is 12.1. The number of hydrogen-bond acceptors (Lipinski definition) is 7. The van der Waals surface area contributed by atoms with Gasteiger partial charge >= 0.3 is 5.97 Å². The van der Waals surface area contributed by atoms with E-state index < -0.39 is 12.6 Å². The van der Waals surface area contributed by atoms with Gasteiger partial charge in [-0.2, -0.15) is 0 Å². The van der Waals surface area contributed by atoms with E-state index in [-0.39, 0.29) is 5.91 Å². The summed E-state index contributed by atoms with van der Waals surface area (Å²) < 4.78 is 10.9. The van der Waals surface area contributed by atoms with Gasteiger partial charge in [0, 0.05) is 13.1 Å². The van der Waals surface area contributed by atoms with E-state index in [1.807, 2.05) is 5.01 Å². The molecular formula is C16H16N2O5S2. The van der Waals surface area contributed by atoms with Crippen LogP contribution in [0.5, 0.6) is 5.75 Å². The summed E-state index contributed by atoms with van der Waals surface area (Å²) in [6, 6.07) is 6.85. The molecule has 0 spiro atoms. The number of hydrazine groups is 1. The number of amides is 1. The van der Waals surface area contributed by atoms with E-state index in [1.54, 1.807) is 35.4 Å². The van der Waals surface area contributed by atoms with Gasteiger partial charge in [0.05, 0.1) is 18.1 Å². The second-order valence-corrected chi connectivity index (χ2v) is 6.99. The molecule has 2 fully saturated rings. The Morgan fingerprint density at radius 1 is 1.32 bits per heavy atom. The molecule has 1 N–H and O–H groups in total. The number of carboxylic acids is 1. The Morgan fingerprint density at radius 3 is 2.64 bits per heavy atom. The lowest BCUT2D eigenvalue weighted by Gasteiger charge is -2.33. The summed E-state index contributed by atoms with van der Waals surface area (Å²) in [5.41, 5.74) is 0.810. The van der Waals surface area contributed by atoms with Crippen molar-refractivity contribution in [3.8, 4) is 5.75 Å². The number of carbonyl (C=O) groups is 2. The molecular weight excluding hydrogens is 364 g/mol. The molecule has 0 saturated carbocycles. The van der Waals surface area contributed by atoms with Crippen molar-refractivity contribution in [2.24, 2.45) is 0 Å². The molecule has 1 aromatic carbocycles. The Bertz CT molecular complexity index is 714. The van der Waals surface area contributed by atoms with Crippen molar-refractivity contribution in [3.05, 3.63) is 34.7 Å². The van der Waals surface area contributed by atoms with Gasteiger partial charge in [-0.3, -0.25) is 4.79 Å². The fourth-order valence-electron chi connectivity index (χ4n) is 2.41. The van der Waals surface area contributed by atoms with Crippen LogP contribution in [0, 0.1) is 0 Å². The summed E-state index contributed by atoms with van der Waals surface area (Å²) in [4.78, 5) is 23.7. The van der Waals surface area contributed by atoms with Crippen LogP contribution in [0.2, 0.25) is 0 Å². The molecule has 0 radical (unpaired) electrons. The quantitative estimate of drug-likeness (QED) is 0.610. The van der Waals surface area contributed by atoms with E-state index in [0.717, 1.165) is 5.56 Å². The zero-order valence-electron chi connectivity index (χ0n) is 13.2. The van der Waals surface area contributed by atoms with Gasteiger partial charge in [0.1, 0.15) is 5.75 Å². The number of carboxylic acid groups (broad SMARTS) is 1. The SMILES string of the molecule is O=C(O)COc1ccc(/C=C2/SC(=S)N(N3CCOCC3)C2=O)cc1. The first-order valence-corrected chi connectivity index (χ1v) is 8.82. The molecule has 0 bridgehead atoms. The highest BCUT2D eigenvalue weighted by atomic mass is 32.2. The third-order valence-electron chi connectivity index (χ3n) is 3.58. The monoisotopic (exact) mass is 380 g/mol. The summed E-state index contributed by atoms with van der Waals surface area (Å²) >= 11 is 6.61. The van der Waals surface area contributed by atoms with Gasteiger partial charge in [0.25, 0.3) is 5.91 Å². The van der Waals surface area contributed by atoms with E-state index in [2.05, 4.69) is 0 Å². The predicted octanol–water partition coefficient (Wildman–Crippen LogP) is 1.60. The molecule has 0 aromatic heterocycles. The fraction of sp³-hybridized carbons (Fsp3) is 0.312. The first-order chi connectivity index (χ1) is 12.0. The Morgan fingerprint density at radius 2 is 2.00 bits per heavy atom. The molecule has 9 heteroatoms. The maximum Gasteiger partial charge on any atom is 0.341 e. The minimum Gasteiger partial charge on any atom is -0.482 e. The summed E-state index contributed by atoms with van der Waals surface area (Å²) in [6.07, 6.45) is 1.76. The van der Waals surface area contributed by atoms with Crippen LogP contribution in [0.3, 0.4) is 0 Å². The molecule has 2 aliphatic heterocycles. The number of benzene rings is 1. The number of morpholine rings is 1. The molecule has 25 heavy (non-hydrogen) atoms. The number of thiocarbonyl (C=S) groups is 1. The second kappa shape index (κ2) is 7.96. The Balaban J connectivity index is 1.69. The number of aliphatic carboxylic acids is 1. The molecule has 132 valence electrons. The topological polar surface area (TPSA) is 79.3 Å². The highest BCUT2D eigenvalue weighted by Gasteiger charge is 2.36. The van der Waals surface area contributed by atoms with E-state index in [4.69, 9.17) is 26.8 Å². The number of rotatable bonds is 5. The van der Waals surface area contributed by atoms with Crippen molar-refractivity contribution >= 4 is 46.3 Å². The molecule has 0 aliphatic carbocycles. The lowest BCUT2D eigenvalue weighted by molar-refractivity contribution is -0.139. The third-order valence-corrected chi connectivity index (χ3v) is 4.87. The van der Waals surface area contributed by atoms with E-state index in [9.17, 15) is 9.59 Å². The fourth-order valence-corrected chi connectivity index (χ4v) is 3.72. The largest absolute Gasteiger partial charge is 0.482 e. The highest BCUT2D eigenvalue weighted by Crippen LogP contribution is 2.34. The van der Waals surface area contributed by atoms with Crippen LogP contribution in [0.4, 0.5) is 0 Å². The molecule has 7 nitrogen and oxygen atoms in total. The maximum absolute atomic E-state index is 12.6. The zero-order chi connectivity index (χ0) is 17.8. The Labute approximate surface area is 154 Å². The minimum absolute atomic E-state index is 0.136. The summed E-state index contributed by atoms with van der Waals surface area (Å²) in [7, 11) is 0. The van der Waals surface area contributed by atoms with Gasteiger partial charge in [0.2, 0.25) is 0 Å². The molecule has 1 amide bonds. The number of hydrogen-bond donors (Lipinski definition) is 1. The van der Waals surface area contributed by atoms with Crippen LogP contribution >= 0.6 is 24.0 Å². The molecule has 3 rings (SSSR count). The number of ether oxygens (including phenoxy) is 2. The first kappa shape index (κ1) is 17.9. The lowest BCUT2D eigenvalue weighted by atomic mass is 10.2. The molecule has 2 saturated heterocycles. The average Bonchev–Trinajstić information content (AvgIpc) is 2.88. The van der Waals surface area contributed by atoms with Gasteiger partial charge in [-0.1, -0.05) is 36.1 Å². The Kier molecular flexibility index (Phi) is 5.69. The number of carbonyl (C=O) groups excluding carboxylic acids is 1. The Hall–Kier alpha value is -1.94. The van der Waals surface area contributed by atoms with E-state index in [1.165, 1.54) is 11.8 Å². The van der Waals surface area contributed by atoms with Crippen molar-refractivity contribution in [3.63, 3.8) is 0 Å². The second-order valence-electron chi connectivity index (χ2n) is 5.31. The van der Waals surface area contributed by atoms with Gasteiger partial charge < -0.3 is 14.6 Å². The molecule has 2 aliphatic rings. The van der Waals surface area contributed by atoms with Crippen molar-refractivity contribution in [2.45, 2.75) is 0 Å². The van der Waals surface area contributed by atoms with Gasteiger partial charge in [-0.25, -0.2) is 14.8 Å².